The number of rotatable bonds is 9. The average molecular weight is 428 g/mol. The van der Waals surface area contributed by atoms with Crippen molar-refractivity contribution >= 4 is 32.9 Å². The number of nitrogens with one attached hydrogen (secondary N) is 2. The van der Waals surface area contributed by atoms with Crippen molar-refractivity contribution in [3.63, 3.8) is 0 Å². The lowest BCUT2D eigenvalue weighted by molar-refractivity contribution is -0.116. The van der Waals surface area contributed by atoms with Gasteiger partial charge >= 0.3 is 0 Å². The maximum absolute atomic E-state index is 12.1. The summed E-state index contributed by atoms with van der Waals surface area (Å²) >= 11 is 0. The summed E-state index contributed by atoms with van der Waals surface area (Å²) in [7, 11) is -0.928. The van der Waals surface area contributed by atoms with Crippen molar-refractivity contribution in [1.82, 2.24) is 14.6 Å². The van der Waals surface area contributed by atoms with Crippen LogP contribution in [0.1, 0.15) is 12.0 Å². The molecule has 0 saturated heterocycles. The number of amides is 1. The first-order chi connectivity index (χ1) is 14.4. The molecular weight excluding hydrogens is 402 g/mol. The van der Waals surface area contributed by atoms with Gasteiger partial charge in [-0.1, -0.05) is 24.3 Å². The fourth-order valence-electron chi connectivity index (χ4n) is 3.14. The zero-order chi connectivity index (χ0) is 21.6. The van der Waals surface area contributed by atoms with Crippen LogP contribution in [0.4, 0.5) is 0 Å². The molecule has 158 valence electrons. The Labute approximate surface area is 176 Å². The molecule has 0 unspecified atom stereocenters. The van der Waals surface area contributed by atoms with Gasteiger partial charge in [-0.3, -0.25) is 4.79 Å². The highest BCUT2D eigenvalue weighted by Gasteiger charge is 2.17. The van der Waals surface area contributed by atoms with Crippen LogP contribution in [0.15, 0.2) is 65.7 Å². The van der Waals surface area contributed by atoms with E-state index >= 15 is 0 Å². The topological polar surface area (TPSA) is 89.4 Å². The molecule has 7 nitrogen and oxygen atoms in total. The van der Waals surface area contributed by atoms with Gasteiger partial charge in [-0.05, 0) is 54.8 Å². The van der Waals surface area contributed by atoms with Gasteiger partial charge in [-0.25, -0.2) is 13.1 Å². The molecule has 0 radical (unpaired) electrons. The van der Waals surface area contributed by atoms with Crippen LogP contribution in [-0.4, -0.2) is 39.6 Å². The van der Waals surface area contributed by atoms with E-state index in [9.17, 15) is 13.2 Å². The lowest BCUT2D eigenvalue weighted by Crippen LogP contribution is -2.23. The summed E-state index contributed by atoms with van der Waals surface area (Å²) in [6.45, 7) is 1.35. The van der Waals surface area contributed by atoms with Crippen molar-refractivity contribution in [2.45, 2.75) is 17.9 Å². The summed E-state index contributed by atoms with van der Waals surface area (Å²) < 4.78 is 33.8. The molecule has 1 amide bonds. The van der Waals surface area contributed by atoms with Gasteiger partial charge in [0.25, 0.3) is 0 Å². The number of hydrogen-bond donors (Lipinski definition) is 2. The molecule has 2 aromatic carbocycles. The maximum atomic E-state index is 12.1. The zero-order valence-corrected chi connectivity index (χ0v) is 17.8. The van der Waals surface area contributed by atoms with E-state index in [2.05, 4.69) is 32.8 Å². The molecule has 0 bridgehead atoms. The maximum Gasteiger partial charge on any atom is 0.244 e. The third-order valence-electron chi connectivity index (χ3n) is 4.73. The van der Waals surface area contributed by atoms with Gasteiger partial charge in [0.1, 0.15) is 10.6 Å². The van der Waals surface area contributed by atoms with Gasteiger partial charge in [0.15, 0.2) is 0 Å². The number of ether oxygens (including phenoxy) is 1. The van der Waals surface area contributed by atoms with Crippen LogP contribution >= 0.6 is 0 Å². The number of hydrogen-bond acceptors (Lipinski definition) is 4. The number of sulfonamides is 1. The number of benzene rings is 2. The fourth-order valence-corrected chi connectivity index (χ4v) is 4.07. The van der Waals surface area contributed by atoms with Gasteiger partial charge in [0, 0.05) is 30.9 Å². The van der Waals surface area contributed by atoms with Crippen LogP contribution in [0.25, 0.3) is 17.0 Å². The Hall–Kier alpha value is -3.10. The largest absolute Gasteiger partial charge is 0.495 e. The monoisotopic (exact) mass is 427 g/mol. The van der Waals surface area contributed by atoms with Crippen LogP contribution in [0.5, 0.6) is 5.75 Å². The smallest absolute Gasteiger partial charge is 0.244 e. The fraction of sp³-hybridized carbons (Fsp3) is 0.227. The highest BCUT2D eigenvalue weighted by Crippen LogP contribution is 2.25. The van der Waals surface area contributed by atoms with Gasteiger partial charge in [-0.15, -0.1) is 0 Å². The minimum absolute atomic E-state index is 0.0222. The predicted octanol–water partition coefficient (Wildman–Crippen LogP) is 2.78. The first-order valence-electron chi connectivity index (χ1n) is 9.56. The SMILES string of the molecule is CNS(=O)(=O)c1cc(/C=C/C(=O)NCCCn2ccc3ccccc32)ccc1OC. The van der Waals surface area contributed by atoms with Crippen molar-refractivity contribution in [3.05, 3.63) is 66.4 Å². The third kappa shape index (κ3) is 5.08. The van der Waals surface area contributed by atoms with E-state index in [1.807, 2.05) is 18.3 Å². The Kier molecular flexibility index (Phi) is 6.91. The molecule has 8 heteroatoms. The number of nitrogens with zero attached hydrogens (tertiary/aromatic N) is 1. The molecule has 0 aliphatic carbocycles. The third-order valence-corrected chi connectivity index (χ3v) is 6.16. The second kappa shape index (κ2) is 9.60. The Morgan fingerprint density at radius 2 is 1.97 bits per heavy atom. The molecule has 3 rings (SSSR count). The zero-order valence-electron chi connectivity index (χ0n) is 17.0. The Morgan fingerprint density at radius 3 is 2.73 bits per heavy atom. The summed E-state index contributed by atoms with van der Waals surface area (Å²) in [5, 5.41) is 4.05. The molecule has 0 spiro atoms. The van der Waals surface area contributed by atoms with Crippen molar-refractivity contribution in [2.24, 2.45) is 0 Å². The number of carbonyl (C=O) groups excluding carboxylic acids is 1. The average Bonchev–Trinajstić information content (AvgIpc) is 3.18. The molecule has 1 aromatic heterocycles. The Morgan fingerprint density at radius 1 is 1.17 bits per heavy atom. The second-order valence-corrected chi connectivity index (χ2v) is 8.52. The van der Waals surface area contributed by atoms with Crippen LogP contribution < -0.4 is 14.8 Å². The molecular formula is C22H25N3O4S. The molecule has 0 aliphatic rings. The lowest BCUT2D eigenvalue weighted by Gasteiger charge is -2.09. The van der Waals surface area contributed by atoms with E-state index in [0.29, 0.717) is 12.1 Å². The summed E-state index contributed by atoms with van der Waals surface area (Å²) in [5.74, 6) is 0.00435. The second-order valence-electron chi connectivity index (χ2n) is 6.66. The van der Waals surface area contributed by atoms with Crippen molar-refractivity contribution in [1.29, 1.82) is 0 Å². The number of aryl methyl sites for hydroxylation is 1. The first-order valence-corrected chi connectivity index (χ1v) is 11.0. The lowest BCUT2D eigenvalue weighted by atomic mass is 10.2. The number of carbonyl (C=O) groups is 1. The normalized spacial score (nSPS) is 11.8. The van der Waals surface area contributed by atoms with E-state index in [1.165, 1.54) is 37.2 Å². The molecule has 0 fully saturated rings. The molecule has 0 aliphatic heterocycles. The van der Waals surface area contributed by atoms with Crippen molar-refractivity contribution in [2.75, 3.05) is 20.7 Å². The molecule has 0 atom stereocenters. The predicted molar refractivity (Wildman–Crippen MR) is 118 cm³/mol. The summed E-state index contributed by atoms with van der Waals surface area (Å²) in [5.41, 5.74) is 1.76. The van der Waals surface area contributed by atoms with Crippen LogP contribution in [0.3, 0.4) is 0 Å². The van der Waals surface area contributed by atoms with E-state index in [1.54, 1.807) is 18.2 Å². The Balaban J connectivity index is 1.55. The molecule has 0 saturated carbocycles. The minimum atomic E-state index is -3.67. The van der Waals surface area contributed by atoms with E-state index in [0.717, 1.165) is 13.0 Å². The van der Waals surface area contributed by atoms with E-state index < -0.39 is 10.0 Å². The molecule has 2 N–H and O–H groups in total. The summed E-state index contributed by atoms with van der Waals surface area (Å²) in [6.07, 6.45) is 5.81. The number of fused-ring (bicyclic) bond motifs is 1. The van der Waals surface area contributed by atoms with Crippen LogP contribution in [0, 0.1) is 0 Å². The van der Waals surface area contributed by atoms with Crippen molar-refractivity contribution < 1.29 is 17.9 Å². The Bertz CT molecular complexity index is 1170. The minimum Gasteiger partial charge on any atom is -0.495 e. The summed E-state index contributed by atoms with van der Waals surface area (Å²) in [6, 6.07) is 15.0. The standard InChI is InChI=1S/C22H25N3O4S/c1-23-30(27,28)21-16-17(8-10-20(21)29-2)9-11-22(26)24-13-5-14-25-15-12-18-6-3-4-7-19(18)25/h3-4,6-12,15-16,23H,5,13-14H2,1-2H3,(H,24,26)/b11-9+. The molecule has 3 aromatic rings. The van der Waals surface area contributed by atoms with Crippen molar-refractivity contribution in [3.8, 4) is 5.75 Å². The van der Waals surface area contributed by atoms with Gasteiger partial charge in [0.05, 0.1) is 7.11 Å². The molecule has 30 heavy (non-hydrogen) atoms. The van der Waals surface area contributed by atoms with Crippen LogP contribution in [-0.2, 0) is 21.4 Å². The quantitative estimate of drug-likeness (QED) is 0.406. The van der Waals surface area contributed by atoms with E-state index in [-0.39, 0.29) is 16.6 Å². The summed E-state index contributed by atoms with van der Waals surface area (Å²) in [4.78, 5) is 12.1. The molecule has 1 heterocycles. The van der Waals surface area contributed by atoms with Gasteiger partial charge in [0.2, 0.25) is 15.9 Å². The van der Waals surface area contributed by atoms with Gasteiger partial charge in [-0.2, -0.15) is 0 Å². The number of methoxy groups -OCH3 is 1. The number of para-hydroxylation sites is 1. The van der Waals surface area contributed by atoms with Gasteiger partial charge < -0.3 is 14.6 Å². The van der Waals surface area contributed by atoms with Crippen LogP contribution in [0.2, 0.25) is 0 Å². The highest BCUT2D eigenvalue weighted by atomic mass is 32.2. The highest BCUT2D eigenvalue weighted by molar-refractivity contribution is 7.89. The number of aromatic nitrogens is 1. The van der Waals surface area contributed by atoms with E-state index in [4.69, 9.17) is 4.74 Å². The first kappa shape index (κ1) is 21.6.